The summed E-state index contributed by atoms with van der Waals surface area (Å²) in [6.45, 7) is 3.87. The second kappa shape index (κ2) is 4.60. The van der Waals surface area contributed by atoms with Crippen molar-refractivity contribution in [1.29, 1.82) is 0 Å². The third kappa shape index (κ3) is 2.30. The van der Waals surface area contributed by atoms with Gasteiger partial charge in [-0.2, -0.15) is 0 Å². The quantitative estimate of drug-likeness (QED) is 0.751. The van der Waals surface area contributed by atoms with Gasteiger partial charge >= 0.3 is 0 Å². The standard InChI is InChI=1S/C12H11BrClNO/c1-7-3-4-10(13)9(5-7)11-6-15-12(16-11)8(2)14/h3-6,8H,1-2H3. The molecule has 0 saturated carbocycles. The summed E-state index contributed by atoms with van der Waals surface area (Å²) in [4.78, 5) is 4.14. The Morgan fingerprint density at radius 3 is 2.81 bits per heavy atom. The topological polar surface area (TPSA) is 26.0 Å². The van der Waals surface area contributed by atoms with Crippen LogP contribution in [0.25, 0.3) is 11.3 Å². The highest BCUT2D eigenvalue weighted by Gasteiger charge is 2.12. The molecule has 84 valence electrons. The minimum Gasteiger partial charge on any atom is -0.439 e. The number of benzene rings is 1. The molecule has 0 radical (unpaired) electrons. The third-order valence-electron chi connectivity index (χ3n) is 2.25. The van der Waals surface area contributed by atoms with Gasteiger partial charge in [0.1, 0.15) is 5.38 Å². The van der Waals surface area contributed by atoms with Crippen molar-refractivity contribution in [2.24, 2.45) is 0 Å². The molecule has 0 spiro atoms. The van der Waals surface area contributed by atoms with Gasteiger partial charge in [-0.05, 0) is 26.0 Å². The van der Waals surface area contributed by atoms with Gasteiger partial charge in [0.05, 0.1) is 6.20 Å². The summed E-state index contributed by atoms with van der Waals surface area (Å²) in [5.74, 6) is 1.28. The number of halogens is 2. The van der Waals surface area contributed by atoms with E-state index in [1.807, 2.05) is 32.0 Å². The number of rotatable bonds is 2. The highest BCUT2D eigenvalue weighted by molar-refractivity contribution is 9.10. The minimum absolute atomic E-state index is 0.211. The molecule has 16 heavy (non-hydrogen) atoms. The van der Waals surface area contributed by atoms with Gasteiger partial charge in [0.15, 0.2) is 5.76 Å². The Hall–Kier alpha value is -0.800. The fraction of sp³-hybridized carbons (Fsp3) is 0.250. The summed E-state index contributed by atoms with van der Waals surface area (Å²) >= 11 is 9.40. The van der Waals surface area contributed by atoms with Gasteiger partial charge in [-0.25, -0.2) is 4.98 Å². The fourth-order valence-corrected chi connectivity index (χ4v) is 1.97. The second-order valence-electron chi connectivity index (χ2n) is 3.66. The molecule has 1 aromatic heterocycles. The van der Waals surface area contributed by atoms with Crippen molar-refractivity contribution in [2.75, 3.05) is 0 Å². The van der Waals surface area contributed by atoms with Crippen molar-refractivity contribution >= 4 is 27.5 Å². The molecule has 1 unspecified atom stereocenters. The van der Waals surface area contributed by atoms with Gasteiger partial charge in [0, 0.05) is 10.0 Å². The number of aryl methyl sites for hydroxylation is 1. The molecule has 0 N–H and O–H groups in total. The lowest BCUT2D eigenvalue weighted by molar-refractivity contribution is 0.508. The molecule has 0 fully saturated rings. The summed E-state index contributed by atoms with van der Waals surface area (Å²) in [6, 6.07) is 6.08. The van der Waals surface area contributed by atoms with E-state index in [9.17, 15) is 0 Å². The van der Waals surface area contributed by atoms with Crippen LogP contribution in [0.2, 0.25) is 0 Å². The Morgan fingerprint density at radius 2 is 2.19 bits per heavy atom. The van der Waals surface area contributed by atoms with E-state index in [1.165, 1.54) is 5.56 Å². The highest BCUT2D eigenvalue weighted by atomic mass is 79.9. The Labute approximate surface area is 108 Å². The lowest BCUT2D eigenvalue weighted by Gasteiger charge is -2.02. The van der Waals surface area contributed by atoms with Gasteiger partial charge in [-0.3, -0.25) is 0 Å². The molecule has 1 heterocycles. The van der Waals surface area contributed by atoms with Crippen LogP contribution < -0.4 is 0 Å². The van der Waals surface area contributed by atoms with Crippen LogP contribution in [-0.2, 0) is 0 Å². The number of hydrogen-bond acceptors (Lipinski definition) is 2. The molecule has 2 nitrogen and oxygen atoms in total. The van der Waals surface area contributed by atoms with Crippen LogP contribution in [-0.4, -0.2) is 4.98 Å². The largest absolute Gasteiger partial charge is 0.439 e. The first-order valence-corrected chi connectivity index (χ1v) is 6.17. The average molecular weight is 301 g/mol. The normalized spacial score (nSPS) is 12.8. The van der Waals surface area contributed by atoms with Crippen LogP contribution in [0, 0.1) is 6.92 Å². The van der Waals surface area contributed by atoms with E-state index in [1.54, 1.807) is 6.20 Å². The summed E-state index contributed by atoms with van der Waals surface area (Å²) in [5, 5.41) is -0.211. The van der Waals surface area contributed by atoms with Crippen LogP contribution in [0.4, 0.5) is 0 Å². The predicted octanol–water partition coefficient (Wildman–Crippen LogP) is 4.71. The van der Waals surface area contributed by atoms with Gasteiger partial charge in [-0.15, -0.1) is 11.6 Å². The summed E-state index contributed by atoms with van der Waals surface area (Å²) in [7, 11) is 0. The number of alkyl halides is 1. The zero-order valence-corrected chi connectivity index (χ0v) is 11.3. The van der Waals surface area contributed by atoms with Gasteiger partial charge in [0.25, 0.3) is 0 Å². The Balaban J connectivity index is 2.46. The zero-order chi connectivity index (χ0) is 11.7. The fourth-order valence-electron chi connectivity index (χ4n) is 1.42. The van der Waals surface area contributed by atoms with Crippen LogP contribution in [0.5, 0.6) is 0 Å². The summed E-state index contributed by atoms with van der Waals surface area (Å²) < 4.78 is 6.58. The number of hydrogen-bond donors (Lipinski definition) is 0. The van der Waals surface area contributed by atoms with E-state index in [-0.39, 0.29) is 5.38 Å². The van der Waals surface area contributed by atoms with Gasteiger partial charge < -0.3 is 4.42 Å². The molecule has 0 bridgehead atoms. The van der Waals surface area contributed by atoms with Crippen molar-refractivity contribution in [1.82, 2.24) is 4.98 Å². The van der Waals surface area contributed by atoms with E-state index in [4.69, 9.17) is 16.0 Å². The number of oxazole rings is 1. The smallest absolute Gasteiger partial charge is 0.212 e. The first-order chi connectivity index (χ1) is 7.58. The maximum atomic E-state index is 5.91. The van der Waals surface area contributed by atoms with Crippen LogP contribution >= 0.6 is 27.5 Å². The maximum absolute atomic E-state index is 5.91. The van der Waals surface area contributed by atoms with Crippen molar-refractivity contribution in [2.45, 2.75) is 19.2 Å². The molecule has 0 aliphatic rings. The maximum Gasteiger partial charge on any atom is 0.212 e. The Kier molecular flexibility index (Phi) is 3.36. The molecule has 0 amide bonds. The average Bonchev–Trinajstić information content (AvgIpc) is 2.70. The molecule has 1 aromatic carbocycles. The Morgan fingerprint density at radius 1 is 1.44 bits per heavy atom. The van der Waals surface area contributed by atoms with Crippen LogP contribution in [0.15, 0.2) is 33.3 Å². The van der Waals surface area contributed by atoms with Crippen LogP contribution in [0.3, 0.4) is 0 Å². The SMILES string of the molecule is Cc1ccc(Br)c(-c2cnc(C(C)Cl)o2)c1. The van der Waals surface area contributed by atoms with Crippen molar-refractivity contribution in [3.63, 3.8) is 0 Å². The van der Waals surface area contributed by atoms with E-state index < -0.39 is 0 Å². The second-order valence-corrected chi connectivity index (χ2v) is 5.17. The highest BCUT2D eigenvalue weighted by Crippen LogP contribution is 2.31. The van der Waals surface area contributed by atoms with E-state index in [2.05, 4.69) is 20.9 Å². The first-order valence-electron chi connectivity index (χ1n) is 4.94. The lowest BCUT2D eigenvalue weighted by Crippen LogP contribution is -1.81. The molecular weight excluding hydrogens is 289 g/mol. The molecular formula is C12H11BrClNO. The monoisotopic (exact) mass is 299 g/mol. The molecule has 2 rings (SSSR count). The van der Waals surface area contributed by atoms with Crippen molar-refractivity contribution in [3.05, 3.63) is 40.3 Å². The lowest BCUT2D eigenvalue weighted by atomic mass is 10.1. The predicted molar refractivity (Wildman–Crippen MR) is 68.6 cm³/mol. The van der Waals surface area contributed by atoms with Crippen LogP contribution in [0.1, 0.15) is 23.8 Å². The Bertz CT molecular complexity index is 507. The minimum atomic E-state index is -0.211. The van der Waals surface area contributed by atoms with Crippen molar-refractivity contribution < 1.29 is 4.42 Å². The summed E-state index contributed by atoms with van der Waals surface area (Å²) in [5.41, 5.74) is 2.17. The molecule has 0 aliphatic heterocycles. The summed E-state index contributed by atoms with van der Waals surface area (Å²) in [6.07, 6.45) is 1.70. The van der Waals surface area contributed by atoms with Crippen molar-refractivity contribution in [3.8, 4) is 11.3 Å². The zero-order valence-electron chi connectivity index (χ0n) is 9.00. The molecule has 2 aromatic rings. The van der Waals surface area contributed by atoms with E-state index >= 15 is 0 Å². The van der Waals surface area contributed by atoms with Gasteiger partial charge in [-0.1, -0.05) is 27.6 Å². The molecule has 4 heteroatoms. The van der Waals surface area contributed by atoms with E-state index in [0.717, 1.165) is 15.8 Å². The number of nitrogens with zero attached hydrogens (tertiary/aromatic N) is 1. The molecule has 0 aliphatic carbocycles. The van der Waals surface area contributed by atoms with Gasteiger partial charge in [0.2, 0.25) is 5.89 Å². The first kappa shape index (κ1) is 11.7. The third-order valence-corrected chi connectivity index (χ3v) is 3.13. The number of aromatic nitrogens is 1. The molecule has 1 atom stereocenters. The molecule has 0 saturated heterocycles. The van der Waals surface area contributed by atoms with E-state index in [0.29, 0.717) is 5.89 Å².